The van der Waals surface area contributed by atoms with Crippen molar-refractivity contribution in [3.8, 4) is 0 Å². The number of aryl methyl sites for hydroxylation is 1. The molecule has 0 saturated carbocycles. The van der Waals surface area contributed by atoms with Crippen molar-refractivity contribution in [3.05, 3.63) is 70.8 Å². The molecule has 2 N–H and O–H groups in total. The molecular weight excluding hydrogens is 260 g/mol. The molecule has 0 heterocycles. The van der Waals surface area contributed by atoms with Gasteiger partial charge in [0.1, 0.15) is 0 Å². The van der Waals surface area contributed by atoms with Crippen LogP contribution in [-0.2, 0) is 6.54 Å². The van der Waals surface area contributed by atoms with Crippen LogP contribution in [-0.4, -0.2) is 13.0 Å². The molecule has 0 aliphatic carbocycles. The van der Waals surface area contributed by atoms with Gasteiger partial charge in [-0.15, -0.1) is 0 Å². The number of carbonyl (C=O) groups excluding carboxylic acids is 1. The van der Waals surface area contributed by atoms with Crippen molar-refractivity contribution < 1.29 is 4.79 Å². The fourth-order valence-electron chi connectivity index (χ4n) is 2.37. The van der Waals surface area contributed by atoms with Gasteiger partial charge in [-0.05, 0) is 42.7 Å². The highest BCUT2D eigenvalue weighted by molar-refractivity contribution is 5.93. The lowest BCUT2D eigenvalue weighted by Gasteiger charge is -2.16. The summed E-state index contributed by atoms with van der Waals surface area (Å²) in [6.45, 7) is 5.08. The fraction of sp³-hybridized carbons (Fsp3) is 0.278. The second-order valence-electron chi connectivity index (χ2n) is 5.24. The lowest BCUT2D eigenvalue weighted by atomic mass is 10.0. The Morgan fingerprint density at radius 3 is 2.38 bits per heavy atom. The van der Waals surface area contributed by atoms with Crippen molar-refractivity contribution in [2.75, 3.05) is 7.05 Å². The Balaban J connectivity index is 1.97. The Kier molecular flexibility index (Phi) is 5.12. The smallest absolute Gasteiger partial charge is 0.251 e. The van der Waals surface area contributed by atoms with Crippen molar-refractivity contribution in [2.45, 2.75) is 26.4 Å². The Bertz CT molecular complexity index is 605. The SMILES string of the molecule is CNC(=O)c1ccc(CNC(C)c2ccccc2C)cc1. The molecule has 1 amide bonds. The van der Waals surface area contributed by atoms with E-state index in [1.54, 1.807) is 7.05 Å². The molecule has 2 aromatic carbocycles. The summed E-state index contributed by atoms with van der Waals surface area (Å²) >= 11 is 0. The summed E-state index contributed by atoms with van der Waals surface area (Å²) in [5.74, 6) is -0.0530. The minimum atomic E-state index is -0.0530. The van der Waals surface area contributed by atoms with Crippen molar-refractivity contribution in [2.24, 2.45) is 0 Å². The molecular formula is C18H22N2O. The summed E-state index contributed by atoms with van der Waals surface area (Å²) in [5, 5.41) is 6.14. The highest BCUT2D eigenvalue weighted by Gasteiger charge is 2.07. The first-order valence-electron chi connectivity index (χ1n) is 7.21. The molecule has 1 atom stereocenters. The van der Waals surface area contributed by atoms with Gasteiger partial charge in [0.25, 0.3) is 5.91 Å². The van der Waals surface area contributed by atoms with E-state index in [0.29, 0.717) is 11.6 Å². The number of hydrogen-bond acceptors (Lipinski definition) is 2. The number of benzene rings is 2. The molecule has 3 heteroatoms. The topological polar surface area (TPSA) is 41.1 Å². The zero-order valence-corrected chi connectivity index (χ0v) is 12.8. The van der Waals surface area contributed by atoms with Gasteiger partial charge in [0.05, 0.1) is 0 Å². The maximum atomic E-state index is 11.5. The van der Waals surface area contributed by atoms with Gasteiger partial charge < -0.3 is 10.6 Å². The minimum Gasteiger partial charge on any atom is -0.355 e. The van der Waals surface area contributed by atoms with Gasteiger partial charge in [0.15, 0.2) is 0 Å². The van der Waals surface area contributed by atoms with E-state index in [9.17, 15) is 4.79 Å². The summed E-state index contributed by atoms with van der Waals surface area (Å²) < 4.78 is 0. The molecule has 0 radical (unpaired) electrons. The van der Waals surface area contributed by atoms with Crippen LogP contribution >= 0.6 is 0 Å². The summed E-state index contributed by atoms with van der Waals surface area (Å²) in [5.41, 5.74) is 4.48. The molecule has 1 unspecified atom stereocenters. The summed E-state index contributed by atoms with van der Waals surface area (Å²) in [6, 6.07) is 16.4. The maximum Gasteiger partial charge on any atom is 0.251 e. The Morgan fingerprint density at radius 1 is 1.10 bits per heavy atom. The van der Waals surface area contributed by atoms with E-state index in [2.05, 4.69) is 48.7 Å². The Morgan fingerprint density at radius 2 is 1.76 bits per heavy atom. The van der Waals surface area contributed by atoms with Gasteiger partial charge in [-0.1, -0.05) is 36.4 Å². The molecule has 0 aliphatic rings. The first kappa shape index (κ1) is 15.3. The predicted octanol–water partition coefficient (Wildman–Crippen LogP) is 3.21. The number of amides is 1. The third-order valence-electron chi connectivity index (χ3n) is 3.71. The fourth-order valence-corrected chi connectivity index (χ4v) is 2.37. The average molecular weight is 282 g/mol. The molecule has 0 spiro atoms. The van der Waals surface area contributed by atoms with E-state index in [1.165, 1.54) is 16.7 Å². The number of hydrogen-bond donors (Lipinski definition) is 2. The van der Waals surface area contributed by atoms with E-state index >= 15 is 0 Å². The molecule has 2 aromatic rings. The Labute approximate surface area is 126 Å². The van der Waals surface area contributed by atoms with E-state index in [1.807, 2.05) is 24.3 Å². The van der Waals surface area contributed by atoms with Gasteiger partial charge in [-0.2, -0.15) is 0 Å². The zero-order valence-electron chi connectivity index (χ0n) is 12.8. The van der Waals surface area contributed by atoms with Gasteiger partial charge in [-0.25, -0.2) is 0 Å². The van der Waals surface area contributed by atoms with Gasteiger partial charge >= 0.3 is 0 Å². The molecule has 3 nitrogen and oxygen atoms in total. The molecule has 0 aromatic heterocycles. The Hall–Kier alpha value is -2.13. The lowest BCUT2D eigenvalue weighted by molar-refractivity contribution is 0.0963. The van der Waals surface area contributed by atoms with Crippen molar-refractivity contribution in [3.63, 3.8) is 0 Å². The molecule has 21 heavy (non-hydrogen) atoms. The van der Waals surface area contributed by atoms with Gasteiger partial charge in [0, 0.05) is 25.2 Å². The third kappa shape index (κ3) is 3.92. The van der Waals surface area contributed by atoms with Crippen molar-refractivity contribution in [1.82, 2.24) is 10.6 Å². The number of nitrogens with one attached hydrogen (secondary N) is 2. The first-order valence-corrected chi connectivity index (χ1v) is 7.21. The third-order valence-corrected chi connectivity index (χ3v) is 3.71. The second kappa shape index (κ2) is 7.04. The van der Waals surface area contributed by atoms with Crippen LogP contribution in [0.1, 0.15) is 40.0 Å². The van der Waals surface area contributed by atoms with Crippen molar-refractivity contribution >= 4 is 5.91 Å². The van der Waals surface area contributed by atoms with Crippen LogP contribution < -0.4 is 10.6 Å². The maximum absolute atomic E-state index is 11.5. The molecule has 0 saturated heterocycles. The zero-order chi connectivity index (χ0) is 15.2. The predicted molar refractivity (Wildman–Crippen MR) is 86.3 cm³/mol. The summed E-state index contributed by atoms with van der Waals surface area (Å²) in [6.07, 6.45) is 0. The van der Waals surface area contributed by atoms with Crippen LogP contribution in [0.2, 0.25) is 0 Å². The minimum absolute atomic E-state index is 0.0530. The van der Waals surface area contributed by atoms with Crippen LogP contribution in [0.3, 0.4) is 0 Å². The van der Waals surface area contributed by atoms with E-state index in [4.69, 9.17) is 0 Å². The monoisotopic (exact) mass is 282 g/mol. The summed E-state index contributed by atoms with van der Waals surface area (Å²) in [7, 11) is 1.64. The molecule has 0 aliphatic heterocycles. The van der Waals surface area contributed by atoms with Crippen LogP contribution in [0, 0.1) is 6.92 Å². The normalized spacial score (nSPS) is 12.0. The van der Waals surface area contributed by atoms with E-state index in [0.717, 1.165) is 6.54 Å². The molecule has 2 rings (SSSR count). The van der Waals surface area contributed by atoms with Crippen LogP contribution in [0.25, 0.3) is 0 Å². The average Bonchev–Trinajstić information content (AvgIpc) is 2.52. The highest BCUT2D eigenvalue weighted by Crippen LogP contribution is 2.17. The molecule has 0 fully saturated rings. The molecule has 0 bridgehead atoms. The van der Waals surface area contributed by atoms with E-state index < -0.39 is 0 Å². The number of carbonyl (C=O) groups is 1. The molecule has 110 valence electrons. The highest BCUT2D eigenvalue weighted by atomic mass is 16.1. The lowest BCUT2D eigenvalue weighted by Crippen LogP contribution is -2.19. The van der Waals surface area contributed by atoms with Crippen LogP contribution in [0.4, 0.5) is 0 Å². The van der Waals surface area contributed by atoms with E-state index in [-0.39, 0.29) is 5.91 Å². The van der Waals surface area contributed by atoms with Gasteiger partial charge in [-0.3, -0.25) is 4.79 Å². The van der Waals surface area contributed by atoms with Crippen LogP contribution in [0.15, 0.2) is 48.5 Å². The first-order chi connectivity index (χ1) is 10.1. The van der Waals surface area contributed by atoms with Crippen molar-refractivity contribution in [1.29, 1.82) is 0 Å². The van der Waals surface area contributed by atoms with Gasteiger partial charge in [0.2, 0.25) is 0 Å². The quantitative estimate of drug-likeness (QED) is 0.884. The van der Waals surface area contributed by atoms with Crippen LogP contribution in [0.5, 0.6) is 0 Å². The standard InChI is InChI=1S/C18H22N2O/c1-13-6-4-5-7-17(13)14(2)20-12-15-8-10-16(11-9-15)18(21)19-3/h4-11,14,20H,12H2,1-3H3,(H,19,21). The largest absolute Gasteiger partial charge is 0.355 e. The second-order valence-corrected chi connectivity index (χ2v) is 5.24. The summed E-state index contributed by atoms with van der Waals surface area (Å²) in [4.78, 5) is 11.5. The number of rotatable bonds is 5.